The van der Waals surface area contributed by atoms with Crippen LogP contribution in [0.4, 0.5) is 0 Å². The Morgan fingerprint density at radius 1 is 1.05 bits per heavy atom. The summed E-state index contributed by atoms with van der Waals surface area (Å²) in [5.74, 6) is 0.996. The normalized spacial score (nSPS) is 29.6. The monoisotopic (exact) mass is 386 g/mol. The fourth-order valence-corrected chi connectivity index (χ4v) is 5.05. The Kier molecular flexibility index (Phi) is 4.23. The van der Waals surface area contributed by atoms with Crippen molar-refractivity contribution in [3.8, 4) is 5.75 Å². The lowest BCUT2D eigenvalue weighted by molar-refractivity contribution is -0.0465. The van der Waals surface area contributed by atoms with Crippen LogP contribution < -0.4 is 4.74 Å². The molecule has 2 fully saturated rings. The van der Waals surface area contributed by atoms with E-state index in [-0.39, 0.29) is 0 Å². The van der Waals surface area contributed by atoms with Gasteiger partial charge in [-0.05, 0) is 47.3 Å². The van der Waals surface area contributed by atoms with Gasteiger partial charge in [0, 0.05) is 10.2 Å². The van der Waals surface area contributed by atoms with E-state index in [2.05, 4.69) is 44.0 Å². The van der Waals surface area contributed by atoms with E-state index in [1.54, 1.807) is 0 Å². The highest BCUT2D eigenvalue weighted by Crippen LogP contribution is 2.56. The van der Waals surface area contributed by atoms with Gasteiger partial charge < -0.3 is 4.74 Å². The summed E-state index contributed by atoms with van der Waals surface area (Å²) in [6.07, 6.45) is 9.66. The minimum absolute atomic E-state index is 0.381. The molecular formula is C16H20Br2O. The first-order valence-corrected chi connectivity index (χ1v) is 8.98. The second-order valence-electron chi connectivity index (χ2n) is 5.89. The van der Waals surface area contributed by atoms with Gasteiger partial charge in [-0.3, -0.25) is 0 Å². The number of rotatable bonds is 2. The molecule has 19 heavy (non-hydrogen) atoms. The topological polar surface area (TPSA) is 9.23 Å². The summed E-state index contributed by atoms with van der Waals surface area (Å²) in [5.41, 5.74) is 0.381. The highest BCUT2D eigenvalue weighted by molar-refractivity contribution is 9.10. The summed E-state index contributed by atoms with van der Waals surface area (Å²) in [5, 5.41) is 0. The molecule has 1 aromatic carbocycles. The Hall–Kier alpha value is -0.0200. The van der Waals surface area contributed by atoms with Gasteiger partial charge in [0.15, 0.2) is 0 Å². The molecule has 0 bridgehead atoms. The third-order valence-corrected chi connectivity index (χ3v) is 6.77. The molecule has 2 saturated carbocycles. The highest BCUT2D eigenvalue weighted by Gasteiger charge is 2.55. The van der Waals surface area contributed by atoms with Crippen molar-refractivity contribution in [3.63, 3.8) is 0 Å². The molecule has 0 aliphatic heterocycles. The quantitative estimate of drug-likeness (QED) is 0.591. The summed E-state index contributed by atoms with van der Waals surface area (Å²) in [6.45, 7) is 0. The van der Waals surface area contributed by atoms with Crippen LogP contribution in [0.2, 0.25) is 0 Å². The molecule has 0 aromatic heterocycles. The van der Waals surface area contributed by atoms with E-state index in [4.69, 9.17) is 4.74 Å². The van der Waals surface area contributed by atoms with E-state index >= 15 is 0 Å². The minimum Gasteiger partial charge on any atom is -0.489 e. The molecule has 0 radical (unpaired) electrons. The Morgan fingerprint density at radius 2 is 1.74 bits per heavy atom. The fraction of sp³-hybridized carbons (Fsp3) is 0.625. The number of hydrogen-bond donors (Lipinski definition) is 0. The first-order valence-electron chi connectivity index (χ1n) is 7.28. The Morgan fingerprint density at radius 3 is 2.37 bits per heavy atom. The van der Waals surface area contributed by atoms with E-state index in [0.717, 1.165) is 16.6 Å². The molecule has 2 unspecified atom stereocenters. The van der Waals surface area contributed by atoms with Crippen LogP contribution >= 0.6 is 31.9 Å². The van der Waals surface area contributed by atoms with Gasteiger partial charge in [-0.2, -0.15) is 0 Å². The van der Waals surface area contributed by atoms with Crippen molar-refractivity contribution < 1.29 is 4.74 Å². The SMILES string of the molecule is Brc1ccccc1OC1CC(Br)C12CCCCCC2. The second-order valence-corrected chi connectivity index (χ2v) is 7.85. The van der Waals surface area contributed by atoms with Gasteiger partial charge in [0.2, 0.25) is 0 Å². The van der Waals surface area contributed by atoms with Crippen molar-refractivity contribution in [2.45, 2.75) is 55.9 Å². The van der Waals surface area contributed by atoms with Crippen molar-refractivity contribution in [3.05, 3.63) is 28.7 Å². The molecule has 0 N–H and O–H groups in total. The number of ether oxygens (including phenoxy) is 1. The van der Waals surface area contributed by atoms with Crippen LogP contribution in [0, 0.1) is 5.41 Å². The fourth-order valence-electron chi connectivity index (χ4n) is 3.58. The van der Waals surface area contributed by atoms with E-state index in [1.807, 2.05) is 12.1 Å². The summed E-state index contributed by atoms with van der Waals surface area (Å²) in [4.78, 5) is 0.644. The van der Waals surface area contributed by atoms with Gasteiger partial charge in [0.05, 0.1) is 4.47 Å². The smallest absolute Gasteiger partial charge is 0.133 e. The van der Waals surface area contributed by atoms with Crippen LogP contribution in [-0.4, -0.2) is 10.9 Å². The lowest BCUT2D eigenvalue weighted by Gasteiger charge is -2.53. The average Bonchev–Trinajstić information content (AvgIpc) is 2.68. The van der Waals surface area contributed by atoms with Crippen molar-refractivity contribution in [2.75, 3.05) is 0 Å². The molecule has 3 rings (SSSR count). The molecule has 1 spiro atoms. The maximum Gasteiger partial charge on any atom is 0.133 e. The standard InChI is InChI=1S/C16H20Br2O/c17-12-7-3-4-8-13(12)19-15-11-14(18)16(15)9-5-1-2-6-10-16/h3-4,7-8,14-15H,1-2,5-6,9-11H2. The molecule has 1 aromatic rings. The molecule has 0 amide bonds. The molecule has 1 nitrogen and oxygen atoms in total. The Labute approximate surface area is 132 Å². The Balaban J connectivity index is 1.76. The number of hydrogen-bond acceptors (Lipinski definition) is 1. The molecule has 2 atom stereocenters. The molecule has 104 valence electrons. The number of benzene rings is 1. The van der Waals surface area contributed by atoms with Crippen molar-refractivity contribution in [1.29, 1.82) is 0 Å². The van der Waals surface area contributed by atoms with Crippen molar-refractivity contribution in [2.24, 2.45) is 5.41 Å². The Bertz CT molecular complexity index is 438. The zero-order valence-corrected chi connectivity index (χ0v) is 14.3. The predicted octanol–water partition coefficient (Wildman–Crippen LogP) is 5.70. The zero-order chi connectivity index (χ0) is 13.3. The van der Waals surface area contributed by atoms with Crippen LogP contribution in [-0.2, 0) is 0 Å². The van der Waals surface area contributed by atoms with Gasteiger partial charge >= 0.3 is 0 Å². The van der Waals surface area contributed by atoms with Gasteiger partial charge in [-0.1, -0.05) is 53.7 Å². The summed E-state index contributed by atoms with van der Waals surface area (Å²) in [6, 6.07) is 8.20. The van der Waals surface area contributed by atoms with E-state index in [1.165, 1.54) is 38.5 Å². The summed E-state index contributed by atoms with van der Waals surface area (Å²) in [7, 11) is 0. The first-order chi connectivity index (χ1) is 9.22. The number of para-hydroxylation sites is 1. The van der Waals surface area contributed by atoms with Gasteiger partial charge in [-0.25, -0.2) is 0 Å². The molecule has 2 aliphatic rings. The number of halogens is 2. The molecule has 3 heteroatoms. The van der Waals surface area contributed by atoms with Gasteiger partial charge in [-0.15, -0.1) is 0 Å². The van der Waals surface area contributed by atoms with E-state index in [9.17, 15) is 0 Å². The lowest BCUT2D eigenvalue weighted by atomic mass is 9.61. The average molecular weight is 388 g/mol. The third kappa shape index (κ3) is 2.61. The first kappa shape index (κ1) is 13.9. The lowest BCUT2D eigenvalue weighted by Crippen LogP contribution is -2.56. The van der Waals surface area contributed by atoms with Crippen LogP contribution in [0.1, 0.15) is 44.9 Å². The van der Waals surface area contributed by atoms with Crippen LogP contribution in [0.5, 0.6) is 5.75 Å². The third-order valence-electron chi connectivity index (χ3n) is 4.83. The molecule has 0 heterocycles. The minimum atomic E-state index is 0.381. The maximum atomic E-state index is 6.32. The van der Waals surface area contributed by atoms with Crippen molar-refractivity contribution >= 4 is 31.9 Å². The molecule has 2 aliphatic carbocycles. The second kappa shape index (κ2) is 5.77. The van der Waals surface area contributed by atoms with Crippen LogP contribution in [0.15, 0.2) is 28.7 Å². The molecular weight excluding hydrogens is 368 g/mol. The van der Waals surface area contributed by atoms with Crippen molar-refractivity contribution in [1.82, 2.24) is 0 Å². The summed E-state index contributed by atoms with van der Waals surface area (Å²) >= 11 is 7.48. The molecule has 0 saturated heterocycles. The van der Waals surface area contributed by atoms with Crippen LogP contribution in [0.3, 0.4) is 0 Å². The van der Waals surface area contributed by atoms with E-state index in [0.29, 0.717) is 16.3 Å². The predicted molar refractivity (Wildman–Crippen MR) is 86.0 cm³/mol. The largest absolute Gasteiger partial charge is 0.489 e. The van der Waals surface area contributed by atoms with E-state index < -0.39 is 0 Å². The van der Waals surface area contributed by atoms with Crippen LogP contribution in [0.25, 0.3) is 0 Å². The summed E-state index contributed by atoms with van der Waals surface area (Å²) < 4.78 is 7.39. The van der Waals surface area contributed by atoms with Gasteiger partial charge in [0.25, 0.3) is 0 Å². The van der Waals surface area contributed by atoms with Gasteiger partial charge in [0.1, 0.15) is 11.9 Å². The number of alkyl halides is 1. The zero-order valence-electron chi connectivity index (χ0n) is 11.1. The highest BCUT2D eigenvalue weighted by atomic mass is 79.9. The maximum absolute atomic E-state index is 6.32.